The molecule has 1 heterocycles. The molecule has 5 rings (SSSR count). The number of aromatic nitrogens is 2. The predicted molar refractivity (Wildman–Crippen MR) is 110 cm³/mol. The Hall–Kier alpha value is -3.72. The zero-order chi connectivity index (χ0) is 18.2. The van der Waals surface area contributed by atoms with E-state index in [9.17, 15) is 4.79 Å². The molecule has 27 heavy (non-hydrogen) atoms. The average molecular weight is 348 g/mol. The van der Waals surface area contributed by atoms with Gasteiger partial charge in [0.15, 0.2) is 0 Å². The van der Waals surface area contributed by atoms with Gasteiger partial charge in [-0.2, -0.15) is 9.78 Å². The molecule has 0 radical (unpaired) electrons. The van der Waals surface area contributed by atoms with E-state index in [2.05, 4.69) is 0 Å². The molecule has 0 saturated carbocycles. The van der Waals surface area contributed by atoms with Crippen LogP contribution in [0.15, 0.2) is 102 Å². The van der Waals surface area contributed by atoms with Crippen molar-refractivity contribution in [2.75, 3.05) is 0 Å². The summed E-state index contributed by atoms with van der Waals surface area (Å²) in [7, 11) is 0. The van der Waals surface area contributed by atoms with Crippen LogP contribution in [0.2, 0.25) is 0 Å². The van der Waals surface area contributed by atoms with Crippen LogP contribution in [0.5, 0.6) is 0 Å². The van der Waals surface area contributed by atoms with Gasteiger partial charge in [0.05, 0.1) is 16.8 Å². The highest BCUT2D eigenvalue weighted by Crippen LogP contribution is 2.27. The van der Waals surface area contributed by atoms with E-state index in [1.807, 2.05) is 97.1 Å². The molecular weight excluding hydrogens is 332 g/mol. The van der Waals surface area contributed by atoms with Gasteiger partial charge in [0.2, 0.25) is 0 Å². The van der Waals surface area contributed by atoms with Crippen LogP contribution >= 0.6 is 0 Å². The summed E-state index contributed by atoms with van der Waals surface area (Å²) in [5, 5.41) is 8.41. The molecule has 3 heteroatoms. The van der Waals surface area contributed by atoms with Crippen LogP contribution in [0.25, 0.3) is 38.5 Å². The number of fused-ring (bicyclic) bond motifs is 2. The third-order valence-electron chi connectivity index (χ3n) is 4.85. The minimum absolute atomic E-state index is 0.110. The first-order valence-corrected chi connectivity index (χ1v) is 8.88. The van der Waals surface area contributed by atoms with Crippen LogP contribution in [-0.4, -0.2) is 9.78 Å². The number of rotatable bonds is 2. The Balaban J connectivity index is 1.91. The van der Waals surface area contributed by atoms with Crippen molar-refractivity contribution in [3.63, 3.8) is 0 Å². The van der Waals surface area contributed by atoms with Crippen molar-refractivity contribution in [1.29, 1.82) is 0 Å². The Morgan fingerprint density at radius 2 is 1.22 bits per heavy atom. The highest BCUT2D eigenvalue weighted by Gasteiger charge is 2.14. The Labute approximate surface area is 156 Å². The maximum Gasteiger partial charge on any atom is 0.279 e. The van der Waals surface area contributed by atoms with E-state index in [0.717, 1.165) is 33.1 Å². The normalized spacial score (nSPS) is 11.1. The minimum Gasteiger partial charge on any atom is -0.267 e. The van der Waals surface area contributed by atoms with Gasteiger partial charge in [0.1, 0.15) is 0 Å². The first-order valence-electron chi connectivity index (χ1n) is 8.88. The molecule has 0 aliphatic carbocycles. The molecule has 0 spiro atoms. The van der Waals surface area contributed by atoms with Gasteiger partial charge in [-0.05, 0) is 17.5 Å². The van der Waals surface area contributed by atoms with Gasteiger partial charge < -0.3 is 0 Å². The second kappa shape index (κ2) is 6.22. The highest BCUT2D eigenvalue weighted by molar-refractivity contribution is 5.95. The molecule has 0 aliphatic rings. The molecule has 5 aromatic rings. The van der Waals surface area contributed by atoms with Gasteiger partial charge in [0.25, 0.3) is 5.56 Å². The standard InChI is InChI=1S/C24H16N2O/c27-24-21-15-7-6-14-20(21)23(18-10-2-1-3-11-18)25-26(24)22-16-8-12-17-9-4-5-13-19(17)22/h1-16H. The SMILES string of the molecule is O=c1c2ccccc2c(-c2ccccc2)nn1-c1cccc2ccccc12. The maximum atomic E-state index is 13.3. The summed E-state index contributed by atoms with van der Waals surface area (Å²) >= 11 is 0. The minimum atomic E-state index is -0.110. The molecule has 0 amide bonds. The monoisotopic (exact) mass is 348 g/mol. The zero-order valence-electron chi connectivity index (χ0n) is 14.5. The van der Waals surface area contributed by atoms with E-state index in [1.54, 1.807) is 0 Å². The molecule has 0 atom stereocenters. The van der Waals surface area contributed by atoms with Gasteiger partial charge in [-0.3, -0.25) is 4.79 Å². The molecular formula is C24H16N2O. The van der Waals surface area contributed by atoms with Crippen molar-refractivity contribution in [2.24, 2.45) is 0 Å². The Kier molecular flexibility index (Phi) is 3.58. The summed E-state index contributed by atoms with van der Waals surface area (Å²) in [4.78, 5) is 13.3. The molecule has 0 saturated heterocycles. The van der Waals surface area contributed by atoms with Crippen LogP contribution in [0.4, 0.5) is 0 Å². The van der Waals surface area contributed by atoms with Crippen LogP contribution < -0.4 is 5.56 Å². The Morgan fingerprint density at radius 1 is 0.593 bits per heavy atom. The van der Waals surface area contributed by atoms with Crippen LogP contribution in [0, 0.1) is 0 Å². The fourth-order valence-corrected chi connectivity index (χ4v) is 3.56. The molecule has 128 valence electrons. The average Bonchev–Trinajstić information content (AvgIpc) is 2.75. The molecule has 0 aliphatic heterocycles. The largest absolute Gasteiger partial charge is 0.279 e. The molecule has 0 unspecified atom stereocenters. The van der Waals surface area contributed by atoms with E-state index < -0.39 is 0 Å². The van der Waals surface area contributed by atoms with E-state index in [0.29, 0.717) is 5.39 Å². The number of hydrogen-bond acceptors (Lipinski definition) is 2. The lowest BCUT2D eigenvalue weighted by Gasteiger charge is -2.13. The molecule has 1 aromatic heterocycles. The second-order valence-corrected chi connectivity index (χ2v) is 6.48. The van der Waals surface area contributed by atoms with E-state index in [1.165, 1.54) is 4.68 Å². The number of nitrogens with zero attached hydrogens (tertiary/aromatic N) is 2. The Morgan fingerprint density at radius 3 is 2.04 bits per heavy atom. The zero-order valence-corrected chi connectivity index (χ0v) is 14.5. The number of benzene rings is 4. The summed E-state index contributed by atoms with van der Waals surface area (Å²) < 4.78 is 1.53. The van der Waals surface area contributed by atoms with Gasteiger partial charge in [0, 0.05) is 16.3 Å². The van der Waals surface area contributed by atoms with Crippen molar-refractivity contribution in [2.45, 2.75) is 0 Å². The smallest absolute Gasteiger partial charge is 0.267 e. The van der Waals surface area contributed by atoms with E-state index >= 15 is 0 Å². The van der Waals surface area contributed by atoms with Gasteiger partial charge in [-0.15, -0.1) is 0 Å². The van der Waals surface area contributed by atoms with Crippen molar-refractivity contribution < 1.29 is 0 Å². The third-order valence-corrected chi connectivity index (χ3v) is 4.85. The summed E-state index contributed by atoms with van der Waals surface area (Å²) in [6.45, 7) is 0. The second-order valence-electron chi connectivity index (χ2n) is 6.48. The third kappa shape index (κ3) is 2.52. The molecule has 0 N–H and O–H groups in total. The molecule has 3 nitrogen and oxygen atoms in total. The van der Waals surface area contributed by atoms with Crippen molar-refractivity contribution in [1.82, 2.24) is 9.78 Å². The van der Waals surface area contributed by atoms with Gasteiger partial charge in [-0.25, -0.2) is 0 Å². The summed E-state index contributed by atoms with van der Waals surface area (Å²) in [5.74, 6) is 0. The Bertz CT molecular complexity index is 1330. The topological polar surface area (TPSA) is 34.9 Å². The van der Waals surface area contributed by atoms with Crippen LogP contribution in [0.3, 0.4) is 0 Å². The summed E-state index contributed by atoms with van der Waals surface area (Å²) in [6, 6.07) is 31.7. The fraction of sp³-hybridized carbons (Fsp3) is 0. The van der Waals surface area contributed by atoms with Crippen molar-refractivity contribution >= 4 is 21.5 Å². The number of hydrogen-bond donors (Lipinski definition) is 0. The summed E-state index contributed by atoms with van der Waals surface area (Å²) in [6.07, 6.45) is 0. The summed E-state index contributed by atoms with van der Waals surface area (Å²) in [5.41, 5.74) is 2.48. The fourth-order valence-electron chi connectivity index (χ4n) is 3.56. The molecule has 0 fully saturated rings. The van der Waals surface area contributed by atoms with Crippen LogP contribution in [0.1, 0.15) is 0 Å². The first kappa shape index (κ1) is 15.5. The highest BCUT2D eigenvalue weighted by atomic mass is 16.1. The van der Waals surface area contributed by atoms with E-state index in [-0.39, 0.29) is 5.56 Å². The maximum absolute atomic E-state index is 13.3. The van der Waals surface area contributed by atoms with E-state index in [4.69, 9.17) is 5.10 Å². The van der Waals surface area contributed by atoms with Gasteiger partial charge in [-0.1, -0.05) is 84.9 Å². The molecule has 4 aromatic carbocycles. The molecule has 0 bridgehead atoms. The predicted octanol–water partition coefficient (Wildman–Crippen LogP) is 5.21. The quantitative estimate of drug-likeness (QED) is 0.439. The lowest BCUT2D eigenvalue weighted by molar-refractivity contribution is 0.832. The first-order chi connectivity index (χ1) is 13.3. The van der Waals surface area contributed by atoms with Crippen molar-refractivity contribution in [3.05, 3.63) is 107 Å². The van der Waals surface area contributed by atoms with Gasteiger partial charge >= 0.3 is 0 Å². The van der Waals surface area contributed by atoms with Crippen molar-refractivity contribution in [3.8, 4) is 16.9 Å². The van der Waals surface area contributed by atoms with Crippen LogP contribution in [-0.2, 0) is 0 Å². The lowest BCUT2D eigenvalue weighted by Crippen LogP contribution is -2.22. The lowest BCUT2D eigenvalue weighted by atomic mass is 10.0.